The van der Waals surface area contributed by atoms with E-state index in [1.807, 2.05) is 30.3 Å². The number of aromatic nitrogens is 2. The van der Waals surface area contributed by atoms with Gasteiger partial charge in [-0.2, -0.15) is 18.2 Å². The maximum absolute atomic E-state index is 12.8. The summed E-state index contributed by atoms with van der Waals surface area (Å²) in [4.78, 5) is 7.26. The number of ether oxygens (including phenoxy) is 1. The van der Waals surface area contributed by atoms with Crippen molar-refractivity contribution in [2.75, 3.05) is 12.4 Å². The van der Waals surface area contributed by atoms with Gasteiger partial charge in [0.15, 0.2) is 5.69 Å². The number of alkyl halides is 3. The number of anilines is 1. The molecule has 0 spiro atoms. The molecule has 7 heteroatoms. The van der Waals surface area contributed by atoms with E-state index in [-0.39, 0.29) is 11.8 Å². The summed E-state index contributed by atoms with van der Waals surface area (Å²) in [6.07, 6.45) is -4.98. The molecule has 1 unspecified atom stereocenters. The average Bonchev–Trinajstić information content (AvgIpc) is 2.46. The lowest BCUT2D eigenvalue weighted by Crippen LogP contribution is -2.13. The van der Waals surface area contributed by atoms with Crippen LogP contribution in [0, 0.1) is 0 Å². The van der Waals surface area contributed by atoms with E-state index >= 15 is 0 Å². The molecule has 0 aliphatic carbocycles. The summed E-state index contributed by atoms with van der Waals surface area (Å²) in [6, 6.07) is 9.96. The number of benzene rings is 1. The fourth-order valence-corrected chi connectivity index (χ4v) is 1.72. The largest absolute Gasteiger partial charge is 0.470 e. The van der Waals surface area contributed by atoms with Gasteiger partial charge in [-0.25, -0.2) is 4.98 Å². The van der Waals surface area contributed by atoms with E-state index in [1.165, 1.54) is 7.05 Å². The molecule has 1 aromatic carbocycles. The molecule has 2 rings (SSSR count). The normalized spacial score (nSPS) is 12.8. The van der Waals surface area contributed by atoms with Crippen LogP contribution < -0.4 is 10.1 Å². The lowest BCUT2D eigenvalue weighted by molar-refractivity contribution is -0.141. The third kappa shape index (κ3) is 3.84. The Hall–Kier alpha value is -2.31. The minimum Gasteiger partial charge on any atom is -0.470 e. The Morgan fingerprint density at radius 2 is 1.81 bits per heavy atom. The molecule has 1 atom stereocenters. The van der Waals surface area contributed by atoms with Crippen LogP contribution in [0.2, 0.25) is 0 Å². The Morgan fingerprint density at radius 3 is 2.38 bits per heavy atom. The van der Waals surface area contributed by atoms with Crippen LogP contribution in [-0.2, 0) is 6.18 Å². The minimum atomic E-state index is -4.55. The monoisotopic (exact) mass is 297 g/mol. The topological polar surface area (TPSA) is 47.0 Å². The van der Waals surface area contributed by atoms with Crippen molar-refractivity contribution in [3.63, 3.8) is 0 Å². The maximum atomic E-state index is 12.8. The summed E-state index contributed by atoms with van der Waals surface area (Å²) in [5.74, 6) is -0.266. The summed E-state index contributed by atoms with van der Waals surface area (Å²) < 4.78 is 43.8. The molecule has 2 aromatic rings. The standard InChI is InChI=1S/C14H14F3N3O/c1-9(10-6-4-3-5-7-10)21-12-8-11(14(15,16)17)19-13(18-2)20-12/h3-9H,1-2H3,(H,18,19,20). The molecule has 0 bridgehead atoms. The molecule has 0 fully saturated rings. The van der Waals surface area contributed by atoms with Crippen molar-refractivity contribution in [3.05, 3.63) is 47.7 Å². The maximum Gasteiger partial charge on any atom is 0.433 e. The second kappa shape index (κ2) is 5.99. The van der Waals surface area contributed by atoms with Crippen LogP contribution in [-0.4, -0.2) is 17.0 Å². The zero-order valence-electron chi connectivity index (χ0n) is 11.5. The zero-order valence-corrected chi connectivity index (χ0v) is 11.5. The van der Waals surface area contributed by atoms with Crippen molar-refractivity contribution in [1.29, 1.82) is 0 Å². The molecule has 0 aliphatic rings. The lowest BCUT2D eigenvalue weighted by atomic mass is 10.1. The number of halogens is 3. The summed E-state index contributed by atoms with van der Waals surface area (Å²) >= 11 is 0. The van der Waals surface area contributed by atoms with Crippen LogP contribution in [0.5, 0.6) is 5.88 Å². The van der Waals surface area contributed by atoms with Crippen LogP contribution >= 0.6 is 0 Å². The van der Waals surface area contributed by atoms with E-state index in [9.17, 15) is 13.2 Å². The van der Waals surface area contributed by atoms with E-state index in [2.05, 4.69) is 15.3 Å². The molecule has 0 radical (unpaired) electrons. The summed E-state index contributed by atoms with van der Waals surface area (Å²) in [6.45, 7) is 1.74. The Morgan fingerprint density at radius 1 is 1.14 bits per heavy atom. The molecular weight excluding hydrogens is 283 g/mol. The Bertz CT molecular complexity index is 602. The summed E-state index contributed by atoms with van der Waals surface area (Å²) in [5, 5.41) is 2.49. The summed E-state index contributed by atoms with van der Waals surface area (Å²) in [5.41, 5.74) is -0.201. The van der Waals surface area contributed by atoms with Crippen LogP contribution in [0.4, 0.5) is 19.1 Å². The molecule has 1 heterocycles. The van der Waals surface area contributed by atoms with Crippen molar-refractivity contribution in [2.45, 2.75) is 19.2 Å². The number of rotatable bonds is 4. The van der Waals surface area contributed by atoms with Gasteiger partial charge in [-0.1, -0.05) is 30.3 Å². The average molecular weight is 297 g/mol. The first-order valence-electron chi connectivity index (χ1n) is 6.26. The van der Waals surface area contributed by atoms with E-state index < -0.39 is 18.0 Å². The van der Waals surface area contributed by atoms with Gasteiger partial charge >= 0.3 is 6.18 Å². The SMILES string of the molecule is CNc1nc(OC(C)c2ccccc2)cc(C(F)(F)F)n1. The third-order valence-corrected chi connectivity index (χ3v) is 2.78. The second-order valence-corrected chi connectivity index (χ2v) is 4.33. The van der Waals surface area contributed by atoms with Crippen molar-refractivity contribution in [1.82, 2.24) is 9.97 Å². The molecule has 0 amide bonds. The quantitative estimate of drug-likeness (QED) is 0.935. The first-order valence-corrected chi connectivity index (χ1v) is 6.26. The van der Waals surface area contributed by atoms with E-state index in [1.54, 1.807) is 6.92 Å². The molecular formula is C14H14F3N3O. The van der Waals surface area contributed by atoms with Gasteiger partial charge in [-0.3, -0.25) is 0 Å². The van der Waals surface area contributed by atoms with Gasteiger partial charge in [-0.05, 0) is 12.5 Å². The molecule has 0 saturated heterocycles. The highest BCUT2D eigenvalue weighted by atomic mass is 19.4. The van der Waals surface area contributed by atoms with Gasteiger partial charge in [0.1, 0.15) is 6.10 Å². The fraction of sp³-hybridized carbons (Fsp3) is 0.286. The fourth-order valence-electron chi connectivity index (χ4n) is 1.72. The highest BCUT2D eigenvalue weighted by Crippen LogP contribution is 2.31. The van der Waals surface area contributed by atoms with Crippen molar-refractivity contribution < 1.29 is 17.9 Å². The van der Waals surface area contributed by atoms with Crippen LogP contribution in [0.25, 0.3) is 0 Å². The summed E-state index contributed by atoms with van der Waals surface area (Å²) in [7, 11) is 1.44. The van der Waals surface area contributed by atoms with Crippen molar-refractivity contribution in [3.8, 4) is 5.88 Å². The van der Waals surface area contributed by atoms with Gasteiger partial charge in [0.2, 0.25) is 11.8 Å². The molecule has 0 saturated carbocycles. The first-order chi connectivity index (χ1) is 9.90. The predicted octanol–water partition coefficient (Wildman–Crippen LogP) is 3.68. The van der Waals surface area contributed by atoms with Crippen LogP contribution in [0.1, 0.15) is 24.3 Å². The van der Waals surface area contributed by atoms with E-state index in [0.717, 1.165) is 11.6 Å². The Kier molecular flexibility index (Phi) is 4.30. The molecule has 1 N–H and O–H groups in total. The number of nitrogens with zero attached hydrogens (tertiary/aromatic N) is 2. The lowest BCUT2D eigenvalue weighted by Gasteiger charge is -2.16. The van der Waals surface area contributed by atoms with Gasteiger partial charge in [-0.15, -0.1) is 0 Å². The minimum absolute atomic E-state index is 0.127. The Labute approximate surface area is 120 Å². The van der Waals surface area contributed by atoms with Crippen LogP contribution in [0.3, 0.4) is 0 Å². The highest BCUT2D eigenvalue weighted by Gasteiger charge is 2.34. The molecule has 21 heavy (non-hydrogen) atoms. The number of hydrogen-bond donors (Lipinski definition) is 1. The predicted molar refractivity (Wildman–Crippen MR) is 72.1 cm³/mol. The van der Waals surface area contributed by atoms with Crippen LogP contribution in [0.15, 0.2) is 36.4 Å². The van der Waals surface area contributed by atoms with Gasteiger partial charge < -0.3 is 10.1 Å². The molecule has 112 valence electrons. The van der Waals surface area contributed by atoms with Gasteiger partial charge in [0, 0.05) is 13.1 Å². The zero-order chi connectivity index (χ0) is 15.5. The van der Waals surface area contributed by atoms with E-state index in [4.69, 9.17) is 4.74 Å². The Balaban J connectivity index is 2.27. The highest BCUT2D eigenvalue weighted by molar-refractivity contribution is 5.31. The molecule has 4 nitrogen and oxygen atoms in total. The van der Waals surface area contributed by atoms with Gasteiger partial charge in [0.05, 0.1) is 0 Å². The molecule has 0 aliphatic heterocycles. The smallest absolute Gasteiger partial charge is 0.433 e. The first kappa shape index (κ1) is 15.1. The number of nitrogens with one attached hydrogen (secondary N) is 1. The number of hydrogen-bond acceptors (Lipinski definition) is 4. The molecule has 1 aromatic heterocycles. The second-order valence-electron chi connectivity index (χ2n) is 4.33. The van der Waals surface area contributed by atoms with Crippen molar-refractivity contribution in [2.24, 2.45) is 0 Å². The van der Waals surface area contributed by atoms with E-state index in [0.29, 0.717) is 0 Å². The van der Waals surface area contributed by atoms with Gasteiger partial charge in [0.25, 0.3) is 0 Å². The third-order valence-electron chi connectivity index (χ3n) is 2.78. The van der Waals surface area contributed by atoms with Crippen molar-refractivity contribution >= 4 is 5.95 Å².